The number of aliphatic hydroxyl groups is 1. The maximum atomic E-state index is 10.5. The van der Waals surface area contributed by atoms with E-state index in [9.17, 15) is 5.11 Å². The van der Waals surface area contributed by atoms with Gasteiger partial charge < -0.3 is 10.4 Å². The summed E-state index contributed by atoms with van der Waals surface area (Å²) < 4.78 is 0. The molecule has 0 spiro atoms. The van der Waals surface area contributed by atoms with Gasteiger partial charge in [0, 0.05) is 11.6 Å². The summed E-state index contributed by atoms with van der Waals surface area (Å²) in [6, 6.07) is 15.5. The van der Waals surface area contributed by atoms with E-state index in [-0.39, 0.29) is 6.04 Å². The molecule has 0 aliphatic carbocycles. The Morgan fingerprint density at radius 2 is 1.83 bits per heavy atom. The number of hydrogen-bond donors (Lipinski definition) is 2. The molecule has 2 aromatic rings. The van der Waals surface area contributed by atoms with Gasteiger partial charge in [0.25, 0.3) is 0 Å². The van der Waals surface area contributed by atoms with E-state index in [0.717, 1.165) is 12.1 Å². The highest BCUT2D eigenvalue weighted by Gasteiger charge is 2.28. The van der Waals surface area contributed by atoms with Crippen LogP contribution in [-0.4, -0.2) is 5.11 Å². The Labute approximate surface area is 111 Å². The van der Waals surface area contributed by atoms with Crippen LogP contribution >= 0.6 is 11.6 Å². The summed E-state index contributed by atoms with van der Waals surface area (Å²) in [5.74, 6) is 0. The number of benzene rings is 2. The van der Waals surface area contributed by atoms with Gasteiger partial charge in [-0.25, -0.2) is 0 Å². The van der Waals surface area contributed by atoms with E-state index in [1.165, 1.54) is 11.1 Å². The summed E-state index contributed by atoms with van der Waals surface area (Å²) in [4.78, 5) is 0. The van der Waals surface area contributed by atoms with Crippen LogP contribution in [0.4, 0.5) is 0 Å². The van der Waals surface area contributed by atoms with Gasteiger partial charge >= 0.3 is 0 Å². The molecule has 0 amide bonds. The Hall–Kier alpha value is -1.35. The third-order valence-corrected chi connectivity index (χ3v) is 3.68. The average molecular weight is 260 g/mol. The van der Waals surface area contributed by atoms with Crippen LogP contribution in [0.1, 0.15) is 28.8 Å². The van der Waals surface area contributed by atoms with Gasteiger partial charge in [-0.15, -0.1) is 0 Å². The minimum atomic E-state index is -0.550. The average Bonchev–Trinajstić information content (AvgIpc) is 2.82. The molecule has 2 nitrogen and oxygen atoms in total. The van der Waals surface area contributed by atoms with Crippen molar-refractivity contribution in [2.24, 2.45) is 0 Å². The molecule has 2 atom stereocenters. The van der Waals surface area contributed by atoms with Crippen LogP contribution in [-0.2, 0) is 6.54 Å². The van der Waals surface area contributed by atoms with Crippen molar-refractivity contribution in [2.45, 2.75) is 18.7 Å². The summed E-state index contributed by atoms with van der Waals surface area (Å²) in [5.41, 5.74) is 3.32. The van der Waals surface area contributed by atoms with Gasteiger partial charge in [-0.3, -0.25) is 0 Å². The Morgan fingerprint density at radius 3 is 2.61 bits per heavy atom. The predicted molar refractivity (Wildman–Crippen MR) is 72.4 cm³/mol. The molecule has 0 bridgehead atoms. The molecule has 3 heteroatoms. The van der Waals surface area contributed by atoms with Gasteiger partial charge in [-0.1, -0.05) is 48.0 Å². The van der Waals surface area contributed by atoms with Gasteiger partial charge in [0.1, 0.15) is 0 Å². The molecule has 92 valence electrons. The number of nitrogens with one attached hydrogen (secondary N) is 1. The van der Waals surface area contributed by atoms with E-state index < -0.39 is 6.10 Å². The Balaban J connectivity index is 1.90. The lowest BCUT2D eigenvalue weighted by Gasteiger charge is -2.20. The lowest BCUT2D eigenvalue weighted by molar-refractivity contribution is 0.133. The monoisotopic (exact) mass is 259 g/mol. The molecular formula is C15H14ClNO. The van der Waals surface area contributed by atoms with Crippen LogP contribution in [0.3, 0.4) is 0 Å². The highest BCUT2D eigenvalue weighted by atomic mass is 35.5. The number of rotatable bonds is 2. The van der Waals surface area contributed by atoms with Gasteiger partial charge in [-0.05, 0) is 28.8 Å². The first-order valence-electron chi connectivity index (χ1n) is 6.00. The van der Waals surface area contributed by atoms with Crippen LogP contribution in [0.15, 0.2) is 48.5 Å². The molecule has 2 N–H and O–H groups in total. The van der Waals surface area contributed by atoms with Crippen molar-refractivity contribution in [3.8, 4) is 0 Å². The highest BCUT2D eigenvalue weighted by Crippen LogP contribution is 2.35. The molecule has 0 radical (unpaired) electrons. The summed E-state index contributed by atoms with van der Waals surface area (Å²) in [6.45, 7) is 0.811. The van der Waals surface area contributed by atoms with E-state index in [1.54, 1.807) is 12.1 Å². The largest absolute Gasteiger partial charge is 0.386 e. The first-order valence-corrected chi connectivity index (χ1v) is 6.38. The summed E-state index contributed by atoms with van der Waals surface area (Å²) in [5, 5.41) is 14.5. The van der Waals surface area contributed by atoms with Crippen LogP contribution < -0.4 is 5.32 Å². The SMILES string of the molecule is OC(c1ccc(Cl)cc1)C1NCc2ccccc21. The summed E-state index contributed by atoms with van der Waals surface area (Å²) >= 11 is 5.86. The molecular weight excluding hydrogens is 246 g/mol. The zero-order valence-electron chi connectivity index (χ0n) is 9.81. The van der Waals surface area contributed by atoms with Gasteiger partial charge in [0.15, 0.2) is 0 Å². The molecule has 2 aromatic carbocycles. The molecule has 3 rings (SSSR count). The van der Waals surface area contributed by atoms with Crippen molar-refractivity contribution in [2.75, 3.05) is 0 Å². The second-order valence-electron chi connectivity index (χ2n) is 4.55. The van der Waals surface area contributed by atoms with Crippen molar-refractivity contribution >= 4 is 11.6 Å². The van der Waals surface area contributed by atoms with Crippen molar-refractivity contribution in [1.82, 2.24) is 5.32 Å². The van der Waals surface area contributed by atoms with Crippen molar-refractivity contribution < 1.29 is 5.11 Å². The maximum absolute atomic E-state index is 10.5. The second kappa shape index (κ2) is 4.73. The first kappa shape index (κ1) is 11.7. The maximum Gasteiger partial charge on any atom is 0.0984 e. The molecule has 1 aliphatic rings. The molecule has 1 heterocycles. The van der Waals surface area contributed by atoms with Crippen molar-refractivity contribution in [3.05, 3.63) is 70.2 Å². The molecule has 18 heavy (non-hydrogen) atoms. The van der Waals surface area contributed by atoms with E-state index in [1.807, 2.05) is 24.3 Å². The minimum Gasteiger partial charge on any atom is -0.386 e. The third kappa shape index (κ3) is 2.03. The zero-order valence-corrected chi connectivity index (χ0v) is 10.6. The lowest BCUT2D eigenvalue weighted by atomic mass is 9.96. The van der Waals surface area contributed by atoms with E-state index in [2.05, 4.69) is 17.4 Å². The minimum absolute atomic E-state index is 0.0395. The van der Waals surface area contributed by atoms with E-state index in [4.69, 9.17) is 11.6 Å². The second-order valence-corrected chi connectivity index (χ2v) is 4.99. The number of fused-ring (bicyclic) bond motifs is 1. The van der Waals surface area contributed by atoms with Crippen molar-refractivity contribution in [1.29, 1.82) is 0 Å². The lowest BCUT2D eigenvalue weighted by Crippen LogP contribution is -2.20. The van der Waals surface area contributed by atoms with Crippen LogP contribution in [0.5, 0.6) is 0 Å². The normalized spacial score (nSPS) is 19.6. The van der Waals surface area contributed by atoms with Crippen LogP contribution in [0.25, 0.3) is 0 Å². The number of halogens is 1. The Kier molecular flexibility index (Phi) is 3.08. The third-order valence-electron chi connectivity index (χ3n) is 3.43. The van der Waals surface area contributed by atoms with Crippen molar-refractivity contribution in [3.63, 3.8) is 0 Å². The topological polar surface area (TPSA) is 32.3 Å². The van der Waals surface area contributed by atoms with Crippen LogP contribution in [0, 0.1) is 0 Å². The van der Waals surface area contributed by atoms with E-state index >= 15 is 0 Å². The smallest absolute Gasteiger partial charge is 0.0984 e. The zero-order chi connectivity index (χ0) is 12.5. The standard InChI is InChI=1S/C15H14ClNO/c16-12-7-5-10(6-8-12)15(18)14-13-4-2-1-3-11(13)9-17-14/h1-8,14-15,17-18H,9H2. The molecule has 0 aromatic heterocycles. The van der Waals surface area contributed by atoms with Gasteiger partial charge in [0.2, 0.25) is 0 Å². The quantitative estimate of drug-likeness (QED) is 0.868. The Bertz CT molecular complexity index is 553. The fraction of sp³-hybridized carbons (Fsp3) is 0.200. The molecule has 0 saturated heterocycles. The molecule has 1 aliphatic heterocycles. The summed E-state index contributed by atoms with van der Waals surface area (Å²) in [7, 11) is 0. The first-order chi connectivity index (χ1) is 8.75. The number of aliphatic hydroxyl groups excluding tert-OH is 1. The summed E-state index contributed by atoms with van der Waals surface area (Å²) in [6.07, 6.45) is -0.550. The van der Waals surface area contributed by atoms with Crippen LogP contribution in [0.2, 0.25) is 5.02 Å². The molecule has 2 unspecified atom stereocenters. The van der Waals surface area contributed by atoms with E-state index in [0.29, 0.717) is 5.02 Å². The molecule has 0 fully saturated rings. The Morgan fingerprint density at radius 1 is 1.11 bits per heavy atom. The fourth-order valence-corrected chi connectivity index (χ4v) is 2.59. The molecule has 0 saturated carbocycles. The highest BCUT2D eigenvalue weighted by molar-refractivity contribution is 6.30. The van der Waals surface area contributed by atoms with Gasteiger partial charge in [-0.2, -0.15) is 0 Å². The fourth-order valence-electron chi connectivity index (χ4n) is 2.46. The number of hydrogen-bond acceptors (Lipinski definition) is 2. The van der Waals surface area contributed by atoms with Gasteiger partial charge in [0.05, 0.1) is 12.1 Å². The predicted octanol–water partition coefficient (Wildman–Crippen LogP) is 3.22.